The van der Waals surface area contributed by atoms with Gasteiger partial charge in [0.2, 0.25) is 0 Å². The molecule has 2 aromatic rings. The summed E-state index contributed by atoms with van der Waals surface area (Å²) < 4.78 is 0. The van der Waals surface area contributed by atoms with E-state index in [4.69, 9.17) is 23.2 Å². The topological polar surface area (TPSA) is 35.8 Å². The van der Waals surface area contributed by atoms with E-state index in [9.17, 15) is 5.26 Å². The van der Waals surface area contributed by atoms with Crippen LogP contribution < -0.4 is 5.32 Å². The van der Waals surface area contributed by atoms with Gasteiger partial charge in [0.1, 0.15) is 6.07 Å². The number of nitriles is 1. The van der Waals surface area contributed by atoms with Crippen LogP contribution in [0.1, 0.15) is 11.1 Å². The zero-order chi connectivity index (χ0) is 15.2. The van der Waals surface area contributed by atoms with Gasteiger partial charge in [0.05, 0.1) is 11.3 Å². The molecule has 0 aliphatic rings. The Morgan fingerprint density at radius 2 is 2.05 bits per heavy atom. The van der Waals surface area contributed by atoms with E-state index in [-0.39, 0.29) is 0 Å². The Morgan fingerprint density at radius 1 is 1.24 bits per heavy atom. The van der Waals surface area contributed by atoms with Crippen LogP contribution in [-0.2, 0) is 6.42 Å². The molecule has 2 rings (SSSR count). The molecule has 2 nitrogen and oxygen atoms in total. The van der Waals surface area contributed by atoms with Crippen molar-refractivity contribution in [3.63, 3.8) is 0 Å². The molecular formula is C16H14Cl2N2S. The van der Waals surface area contributed by atoms with E-state index in [2.05, 4.69) is 11.4 Å². The highest BCUT2D eigenvalue weighted by Crippen LogP contribution is 2.26. The summed E-state index contributed by atoms with van der Waals surface area (Å²) in [5.41, 5.74) is 2.58. The molecule has 0 fully saturated rings. The van der Waals surface area contributed by atoms with Crippen molar-refractivity contribution in [2.45, 2.75) is 11.3 Å². The third kappa shape index (κ3) is 4.07. The van der Waals surface area contributed by atoms with Gasteiger partial charge in [-0.25, -0.2) is 0 Å². The van der Waals surface area contributed by atoms with Gasteiger partial charge in [-0.3, -0.25) is 0 Å². The Morgan fingerprint density at radius 3 is 2.71 bits per heavy atom. The lowest BCUT2D eigenvalue weighted by atomic mass is 10.1. The molecule has 0 radical (unpaired) electrons. The summed E-state index contributed by atoms with van der Waals surface area (Å²) in [7, 11) is 0. The fourth-order valence-electron chi connectivity index (χ4n) is 2.02. The lowest BCUT2D eigenvalue weighted by molar-refractivity contribution is 1.02. The van der Waals surface area contributed by atoms with E-state index in [1.165, 1.54) is 0 Å². The van der Waals surface area contributed by atoms with Crippen molar-refractivity contribution in [2.75, 3.05) is 18.1 Å². The van der Waals surface area contributed by atoms with Crippen LogP contribution in [-0.4, -0.2) is 12.8 Å². The summed E-state index contributed by atoms with van der Waals surface area (Å²) in [4.78, 5) is 0.979. The molecule has 0 aliphatic heterocycles. The van der Waals surface area contributed by atoms with Gasteiger partial charge in [-0.05, 0) is 42.5 Å². The third-order valence-corrected chi connectivity index (χ3v) is 4.45. The van der Waals surface area contributed by atoms with Crippen molar-refractivity contribution >= 4 is 40.7 Å². The van der Waals surface area contributed by atoms with Crippen molar-refractivity contribution in [3.05, 3.63) is 57.6 Å². The van der Waals surface area contributed by atoms with E-state index < -0.39 is 0 Å². The standard InChI is InChI=1S/C16H14Cl2N2S/c1-21-16-4-2-3-15(13(16)10-19)20-8-7-11-5-6-12(17)9-14(11)18/h2-6,9,20H,7-8H2,1H3. The number of halogens is 2. The van der Waals surface area contributed by atoms with Gasteiger partial charge in [0, 0.05) is 21.5 Å². The SMILES string of the molecule is CSc1cccc(NCCc2ccc(Cl)cc2Cl)c1C#N. The molecule has 1 N–H and O–H groups in total. The molecule has 0 bridgehead atoms. The normalized spacial score (nSPS) is 10.2. The monoisotopic (exact) mass is 336 g/mol. The lowest BCUT2D eigenvalue weighted by Crippen LogP contribution is -2.07. The number of anilines is 1. The smallest absolute Gasteiger partial charge is 0.102 e. The zero-order valence-electron chi connectivity index (χ0n) is 11.5. The molecule has 2 aromatic carbocycles. The van der Waals surface area contributed by atoms with Gasteiger partial charge < -0.3 is 5.32 Å². The molecule has 5 heteroatoms. The van der Waals surface area contributed by atoms with E-state index >= 15 is 0 Å². The maximum absolute atomic E-state index is 9.28. The first kappa shape index (κ1) is 16.0. The first-order valence-corrected chi connectivity index (χ1v) is 8.38. The zero-order valence-corrected chi connectivity index (χ0v) is 13.8. The number of hydrogen-bond donors (Lipinski definition) is 1. The van der Waals surface area contributed by atoms with Crippen molar-refractivity contribution < 1.29 is 0 Å². The Labute approximate surface area is 139 Å². The van der Waals surface area contributed by atoms with Crippen LogP contribution in [0.4, 0.5) is 5.69 Å². The minimum Gasteiger partial charge on any atom is -0.384 e. The molecule has 0 amide bonds. The Balaban J connectivity index is 2.06. The minimum atomic E-state index is 0.635. The van der Waals surface area contributed by atoms with Crippen LogP contribution in [0, 0.1) is 11.3 Å². The van der Waals surface area contributed by atoms with Gasteiger partial charge in [-0.1, -0.05) is 35.3 Å². The second-order valence-corrected chi connectivity index (χ2v) is 6.10. The highest BCUT2D eigenvalue weighted by molar-refractivity contribution is 7.98. The molecule has 0 spiro atoms. The van der Waals surface area contributed by atoms with Gasteiger partial charge in [-0.15, -0.1) is 11.8 Å². The van der Waals surface area contributed by atoms with Gasteiger partial charge in [0.15, 0.2) is 0 Å². The number of nitrogens with zero attached hydrogens (tertiary/aromatic N) is 1. The fourth-order valence-corrected chi connectivity index (χ4v) is 3.10. The lowest BCUT2D eigenvalue weighted by Gasteiger charge is -2.11. The third-order valence-electron chi connectivity index (χ3n) is 3.08. The van der Waals surface area contributed by atoms with Crippen LogP contribution in [0.15, 0.2) is 41.3 Å². The highest BCUT2D eigenvalue weighted by Gasteiger charge is 2.07. The first-order valence-electron chi connectivity index (χ1n) is 6.40. The molecule has 0 aliphatic carbocycles. The summed E-state index contributed by atoms with van der Waals surface area (Å²) >= 11 is 13.6. The molecule has 0 aromatic heterocycles. The summed E-state index contributed by atoms with van der Waals surface area (Å²) in [6.45, 7) is 0.702. The predicted molar refractivity (Wildman–Crippen MR) is 91.6 cm³/mol. The molecule has 108 valence electrons. The molecule has 0 atom stereocenters. The molecule has 0 saturated heterocycles. The molecule has 21 heavy (non-hydrogen) atoms. The van der Waals surface area contributed by atoms with Crippen LogP contribution >= 0.6 is 35.0 Å². The number of benzene rings is 2. The quantitative estimate of drug-likeness (QED) is 0.758. The van der Waals surface area contributed by atoms with Gasteiger partial charge in [0.25, 0.3) is 0 Å². The summed E-state index contributed by atoms with van der Waals surface area (Å²) in [5.74, 6) is 0. The Kier molecular flexibility index (Phi) is 5.81. The molecule has 0 unspecified atom stereocenters. The summed E-state index contributed by atoms with van der Waals surface area (Å²) in [6, 6.07) is 13.6. The Bertz CT molecular complexity index is 680. The van der Waals surface area contributed by atoms with E-state index in [1.54, 1.807) is 17.8 Å². The molecule has 0 heterocycles. The van der Waals surface area contributed by atoms with Crippen molar-refractivity contribution in [1.29, 1.82) is 5.26 Å². The van der Waals surface area contributed by atoms with Crippen LogP contribution in [0.5, 0.6) is 0 Å². The largest absolute Gasteiger partial charge is 0.384 e. The van der Waals surface area contributed by atoms with Crippen LogP contribution in [0.25, 0.3) is 0 Å². The highest BCUT2D eigenvalue weighted by atomic mass is 35.5. The minimum absolute atomic E-state index is 0.635. The van der Waals surface area contributed by atoms with E-state index in [1.807, 2.05) is 36.6 Å². The van der Waals surface area contributed by atoms with Crippen molar-refractivity contribution in [2.24, 2.45) is 0 Å². The number of hydrogen-bond acceptors (Lipinski definition) is 3. The van der Waals surface area contributed by atoms with Crippen LogP contribution in [0.3, 0.4) is 0 Å². The summed E-state index contributed by atoms with van der Waals surface area (Å²) in [5, 5.41) is 13.9. The average Bonchev–Trinajstić information content (AvgIpc) is 2.49. The summed E-state index contributed by atoms with van der Waals surface area (Å²) in [6.07, 6.45) is 2.73. The number of rotatable bonds is 5. The first-order chi connectivity index (χ1) is 10.2. The molecule has 0 saturated carbocycles. The number of nitrogens with one attached hydrogen (secondary N) is 1. The van der Waals surface area contributed by atoms with Gasteiger partial charge >= 0.3 is 0 Å². The fraction of sp³-hybridized carbons (Fsp3) is 0.188. The maximum atomic E-state index is 9.28. The second-order valence-electron chi connectivity index (χ2n) is 4.41. The van der Waals surface area contributed by atoms with E-state index in [0.717, 1.165) is 22.6 Å². The maximum Gasteiger partial charge on any atom is 0.102 e. The molecular weight excluding hydrogens is 323 g/mol. The second kappa shape index (κ2) is 7.61. The predicted octanol–water partition coefficient (Wildman–Crippen LogP) is 5.24. The van der Waals surface area contributed by atoms with E-state index in [0.29, 0.717) is 22.2 Å². The number of thioether (sulfide) groups is 1. The average molecular weight is 337 g/mol. The Hall–Kier alpha value is -1.34. The van der Waals surface area contributed by atoms with Crippen molar-refractivity contribution in [1.82, 2.24) is 0 Å². The van der Waals surface area contributed by atoms with Crippen LogP contribution in [0.2, 0.25) is 10.0 Å². The van der Waals surface area contributed by atoms with Crippen molar-refractivity contribution in [3.8, 4) is 6.07 Å². The van der Waals surface area contributed by atoms with Gasteiger partial charge in [-0.2, -0.15) is 5.26 Å².